The molecule has 130 valence electrons. The van der Waals surface area contributed by atoms with Crippen molar-refractivity contribution in [3.05, 3.63) is 53.2 Å². The standard InChI is InChI=1S/C16H13ClFN3O4/c1-16(12-3-2-6-25-12)14(23)21(15(24)20-16)8-13(22)19-11-7-9(17)4-5-10(11)18/h2-7H,8H2,1H3,(H,19,22)(H,20,24). The van der Waals surface area contributed by atoms with Crippen molar-refractivity contribution in [1.29, 1.82) is 0 Å². The zero-order valence-corrected chi connectivity index (χ0v) is 13.8. The molecule has 9 heteroatoms. The van der Waals surface area contributed by atoms with Gasteiger partial charge in [-0.2, -0.15) is 0 Å². The molecule has 2 aromatic rings. The number of hydrogen-bond acceptors (Lipinski definition) is 4. The second-order valence-electron chi connectivity index (χ2n) is 5.60. The molecule has 1 saturated heterocycles. The molecule has 0 saturated carbocycles. The Kier molecular flexibility index (Phi) is 4.22. The van der Waals surface area contributed by atoms with Gasteiger partial charge in [0.25, 0.3) is 5.91 Å². The summed E-state index contributed by atoms with van der Waals surface area (Å²) in [6.45, 7) is 0.896. The highest BCUT2D eigenvalue weighted by atomic mass is 35.5. The first-order valence-electron chi connectivity index (χ1n) is 7.24. The molecule has 7 nitrogen and oxygen atoms in total. The lowest BCUT2D eigenvalue weighted by atomic mass is 9.99. The van der Waals surface area contributed by atoms with E-state index in [1.165, 1.54) is 25.3 Å². The maximum absolute atomic E-state index is 13.7. The molecule has 3 rings (SSSR count). The van der Waals surface area contributed by atoms with Crippen LogP contribution in [0.3, 0.4) is 0 Å². The second-order valence-corrected chi connectivity index (χ2v) is 6.03. The Morgan fingerprint density at radius 3 is 2.84 bits per heavy atom. The zero-order valence-electron chi connectivity index (χ0n) is 13.0. The van der Waals surface area contributed by atoms with E-state index < -0.39 is 35.7 Å². The predicted octanol–water partition coefficient (Wildman–Crippen LogP) is 2.48. The molecule has 1 aliphatic heterocycles. The molecule has 0 bridgehead atoms. The number of anilines is 1. The minimum atomic E-state index is -1.40. The summed E-state index contributed by atoms with van der Waals surface area (Å²) in [6.07, 6.45) is 1.37. The maximum Gasteiger partial charge on any atom is 0.325 e. The summed E-state index contributed by atoms with van der Waals surface area (Å²) in [7, 11) is 0. The van der Waals surface area contributed by atoms with E-state index in [0.717, 1.165) is 11.0 Å². The summed E-state index contributed by atoms with van der Waals surface area (Å²) >= 11 is 5.75. The van der Waals surface area contributed by atoms with E-state index in [9.17, 15) is 18.8 Å². The molecule has 1 aromatic carbocycles. The molecule has 4 amide bonds. The van der Waals surface area contributed by atoms with Crippen molar-refractivity contribution in [1.82, 2.24) is 10.2 Å². The molecule has 0 aliphatic carbocycles. The first kappa shape index (κ1) is 17.0. The Morgan fingerprint density at radius 1 is 1.40 bits per heavy atom. The molecule has 2 N–H and O–H groups in total. The third-order valence-electron chi connectivity index (χ3n) is 3.79. The third kappa shape index (κ3) is 3.08. The van der Waals surface area contributed by atoms with E-state index >= 15 is 0 Å². The van der Waals surface area contributed by atoms with E-state index in [-0.39, 0.29) is 16.5 Å². The number of halogens is 2. The number of carbonyl (C=O) groups is 3. The Labute approximate surface area is 146 Å². The van der Waals surface area contributed by atoms with Gasteiger partial charge >= 0.3 is 6.03 Å². The van der Waals surface area contributed by atoms with Gasteiger partial charge in [0.2, 0.25) is 5.91 Å². The summed E-state index contributed by atoms with van der Waals surface area (Å²) in [5.41, 5.74) is -1.54. The van der Waals surface area contributed by atoms with Crippen molar-refractivity contribution in [3.8, 4) is 0 Å². The number of urea groups is 1. The van der Waals surface area contributed by atoms with Crippen molar-refractivity contribution in [2.45, 2.75) is 12.5 Å². The smallest absolute Gasteiger partial charge is 0.325 e. The normalized spacial score (nSPS) is 19.9. The average Bonchev–Trinajstić information content (AvgIpc) is 3.16. The minimum absolute atomic E-state index is 0.140. The summed E-state index contributed by atoms with van der Waals surface area (Å²) in [4.78, 5) is 37.5. The number of hydrogen-bond donors (Lipinski definition) is 2. The number of nitrogens with one attached hydrogen (secondary N) is 2. The number of nitrogens with zero attached hydrogens (tertiary/aromatic N) is 1. The first-order valence-corrected chi connectivity index (χ1v) is 7.62. The molecule has 1 fully saturated rings. The fourth-order valence-electron chi connectivity index (χ4n) is 2.50. The van der Waals surface area contributed by atoms with Crippen LogP contribution in [0.25, 0.3) is 0 Å². The van der Waals surface area contributed by atoms with Crippen LogP contribution < -0.4 is 10.6 Å². The van der Waals surface area contributed by atoms with Crippen LogP contribution in [0.5, 0.6) is 0 Å². The number of furan rings is 1. The van der Waals surface area contributed by atoms with Gasteiger partial charge in [0.1, 0.15) is 18.1 Å². The summed E-state index contributed by atoms with van der Waals surface area (Å²) in [5.74, 6) is -1.83. The lowest BCUT2D eigenvalue weighted by Crippen LogP contribution is -2.41. The van der Waals surface area contributed by atoms with Gasteiger partial charge in [-0.3, -0.25) is 14.5 Å². The Morgan fingerprint density at radius 2 is 2.16 bits per heavy atom. The van der Waals surface area contributed by atoms with E-state index in [1.54, 1.807) is 12.1 Å². The number of carbonyl (C=O) groups excluding carboxylic acids is 3. The molecule has 1 aliphatic rings. The van der Waals surface area contributed by atoms with Gasteiger partial charge in [-0.05, 0) is 37.3 Å². The van der Waals surface area contributed by atoms with Crippen LogP contribution in [0.1, 0.15) is 12.7 Å². The van der Waals surface area contributed by atoms with Crippen LogP contribution in [0.2, 0.25) is 5.02 Å². The lowest BCUT2D eigenvalue weighted by molar-refractivity contribution is -0.134. The third-order valence-corrected chi connectivity index (χ3v) is 4.03. The summed E-state index contributed by atoms with van der Waals surface area (Å²) in [6, 6.07) is 6.04. The maximum atomic E-state index is 13.7. The highest BCUT2D eigenvalue weighted by Crippen LogP contribution is 2.29. The Balaban J connectivity index is 1.74. The molecular weight excluding hydrogens is 353 g/mol. The predicted molar refractivity (Wildman–Crippen MR) is 86.3 cm³/mol. The summed E-state index contributed by atoms with van der Waals surface area (Å²) in [5, 5.41) is 5.01. The Hall–Kier alpha value is -2.87. The lowest BCUT2D eigenvalue weighted by Gasteiger charge is -2.18. The SMILES string of the molecule is CC1(c2ccco2)NC(=O)N(CC(=O)Nc2cc(Cl)ccc2F)C1=O. The van der Waals surface area contributed by atoms with E-state index in [4.69, 9.17) is 16.0 Å². The molecular formula is C16H13ClFN3O4. The molecule has 1 unspecified atom stereocenters. The average molecular weight is 366 g/mol. The van der Waals surface area contributed by atoms with Gasteiger partial charge in [-0.25, -0.2) is 9.18 Å². The highest BCUT2D eigenvalue weighted by molar-refractivity contribution is 6.30. The first-order chi connectivity index (χ1) is 11.8. The monoisotopic (exact) mass is 365 g/mol. The zero-order chi connectivity index (χ0) is 18.2. The Bertz CT molecular complexity index is 855. The molecule has 25 heavy (non-hydrogen) atoms. The summed E-state index contributed by atoms with van der Waals surface area (Å²) < 4.78 is 18.9. The van der Waals surface area contributed by atoms with Crippen LogP contribution in [0.4, 0.5) is 14.9 Å². The van der Waals surface area contributed by atoms with Crippen molar-refractivity contribution in [2.75, 3.05) is 11.9 Å². The van der Waals surface area contributed by atoms with Crippen LogP contribution in [0, 0.1) is 5.82 Å². The van der Waals surface area contributed by atoms with Gasteiger partial charge in [0, 0.05) is 5.02 Å². The van der Waals surface area contributed by atoms with Gasteiger partial charge in [0.05, 0.1) is 12.0 Å². The van der Waals surface area contributed by atoms with Gasteiger partial charge in [-0.1, -0.05) is 11.6 Å². The van der Waals surface area contributed by atoms with Crippen LogP contribution in [0.15, 0.2) is 41.0 Å². The molecule has 2 heterocycles. The van der Waals surface area contributed by atoms with Gasteiger partial charge in [-0.15, -0.1) is 0 Å². The fraction of sp³-hybridized carbons (Fsp3) is 0.188. The fourth-order valence-corrected chi connectivity index (χ4v) is 2.67. The topological polar surface area (TPSA) is 91.7 Å². The molecule has 0 radical (unpaired) electrons. The molecule has 1 aromatic heterocycles. The van der Waals surface area contributed by atoms with Crippen molar-refractivity contribution < 1.29 is 23.2 Å². The molecule has 0 spiro atoms. The largest absolute Gasteiger partial charge is 0.466 e. The quantitative estimate of drug-likeness (QED) is 0.814. The van der Waals surface area contributed by atoms with Crippen LogP contribution >= 0.6 is 11.6 Å². The number of benzene rings is 1. The van der Waals surface area contributed by atoms with E-state index in [2.05, 4.69) is 10.6 Å². The van der Waals surface area contributed by atoms with Gasteiger partial charge in [0.15, 0.2) is 5.54 Å². The number of imide groups is 1. The molecule has 1 atom stereocenters. The van der Waals surface area contributed by atoms with Crippen molar-refractivity contribution in [3.63, 3.8) is 0 Å². The van der Waals surface area contributed by atoms with E-state index in [0.29, 0.717) is 0 Å². The second kappa shape index (κ2) is 6.21. The van der Waals surface area contributed by atoms with Crippen molar-refractivity contribution in [2.24, 2.45) is 0 Å². The number of rotatable bonds is 4. The van der Waals surface area contributed by atoms with Gasteiger partial charge < -0.3 is 15.1 Å². The number of amides is 4. The van der Waals surface area contributed by atoms with Crippen LogP contribution in [-0.2, 0) is 15.1 Å². The van der Waals surface area contributed by atoms with E-state index in [1.807, 2.05) is 0 Å². The van der Waals surface area contributed by atoms with Crippen molar-refractivity contribution >= 4 is 35.1 Å². The minimum Gasteiger partial charge on any atom is -0.466 e. The highest BCUT2D eigenvalue weighted by Gasteiger charge is 2.51. The van der Waals surface area contributed by atoms with Crippen LogP contribution in [-0.4, -0.2) is 29.3 Å².